The first kappa shape index (κ1) is 40.4. The molecule has 0 radical (unpaired) electrons. The molecule has 0 unspecified atom stereocenters. The van der Waals surface area contributed by atoms with Crippen molar-refractivity contribution in [3.8, 4) is 44.5 Å². The van der Waals surface area contributed by atoms with Crippen molar-refractivity contribution in [2.24, 2.45) is 0 Å². The van der Waals surface area contributed by atoms with Crippen LogP contribution in [0.25, 0.3) is 44.5 Å². The van der Waals surface area contributed by atoms with Crippen LogP contribution in [0.5, 0.6) is 0 Å². The fraction of sp³-hybridized carbons (Fsp3) is 0.311. The molecule has 0 amide bonds. The third kappa shape index (κ3) is 7.85. The maximum absolute atomic E-state index is 2.54. The molecule has 7 aromatic rings. The fourth-order valence-corrected chi connectivity index (χ4v) is 11.8. The molecule has 62 heavy (non-hydrogen) atoms. The van der Waals surface area contributed by atoms with E-state index < -0.39 is 0 Å². The first-order valence-electron chi connectivity index (χ1n) is 24.2. The lowest BCUT2D eigenvalue weighted by atomic mass is 9.71. The zero-order chi connectivity index (χ0) is 41.9. The Hall–Kier alpha value is -5.66. The second kappa shape index (κ2) is 18.0. The molecule has 2 fully saturated rings. The molecule has 0 N–H and O–H groups in total. The summed E-state index contributed by atoms with van der Waals surface area (Å²) in [6, 6.07) is 63.2. The molecule has 1 nitrogen and oxygen atoms in total. The summed E-state index contributed by atoms with van der Waals surface area (Å²) in [6.45, 7) is 4.71. The number of fused-ring (bicyclic) bond motifs is 3. The van der Waals surface area contributed by atoms with Crippen molar-refractivity contribution in [3.05, 3.63) is 186 Å². The maximum Gasteiger partial charge on any atom is 0.0467 e. The smallest absolute Gasteiger partial charge is 0.0467 e. The van der Waals surface area contributed by atoms with Crippen molar-refractivity contribution in [1.82, 2.24) is 0 Å². The first-order valence-corrected chi connectivity index (χ1v) is 24.2. The molecule has 7 aromatic carbocycles. The summed E-state index contributed by atoms with van der Waals surface area (Å²) in [5, 5.41) is 0. The van der Waals surface area contributed by atoms with Gasteiger partial charge in [-0.3, -0.25) is 0 Å². The van der Waals surface area contributed by atoms with Gasteiger partial charge in [-0.25, -0.2) is 0 Å². The average molecular weight is 810 g/mol. The van der Waals surface area contributed by atoms with Crippen molar-refractivity contribution >= 4 is 17.1 Å². The van der Waals surface area contributed by atoms with Gasteiger partial charge in [0.1, 0.15) is 0 Å². The third-order valence-electron chi connectivity index (χ3n) is 14.9. The Kier molecular flexibility index (Phi) is 11.7. The lowest BCUT2D eigenvalue weighted by Gasteiger charge is -2.33. The number of benzene rings is 7. The van der Waals surface area contributed by atoms with E-state index in [4.69, 9.17) is 0 Å². The second-order valence-corrected chi connectivity index (χ2v) is 18.8. The van der Waals surface area contributed by atoms with E-state index in [2.05, 4.69) is 183 Å². The maximum atomic E-state index is 2.54. The number of anilines is 3. The molecule has 0 aromatic heterocycles. The van der Waals surface area contributed by atoms with E-state index in [1.165, 1.54) is 148 Å². The van der Waals surface area contributed by atoms with Gasteiger partial charge in [0.15, 0.2) is 0 Å². The third-order valence-corrected chi connectivity index (χ3v) is 14.9. The van der Waals surface area contributed by atoms with Gasteiger partial charge < -0.3 is 4.90 Å². The van der Waals surface area contributed by atoms with Crippen molar-refractivity contribution < 1.29 is 0 Å². The van der Waals surface area contributed by atoms with Crippen LogP contribution in [-0.2, 0) is 5.41 Å². The number of rotatable bonds is 12. The van der Waals surface area contributed by atoms with E-state index in [1.54, 1.807) is 0 Å². The Morgan fingerprint density at radius 3 is 1.45 bits per heavy atom. The van der Waals surface area contributed by atoms with Crippen LogP contribution in [0.3, 0.4) is 0 Å². The quantitative estimate of drug-likeness (QED) is 0.119. The van der Waals surface area contributed by atoms with E-state index in [-0.39, 0.29) is 5.41 Å². The second-order valence-electron chi connectivity index (χ2n) is 18.8. The highest BCUT2D eigenvalue weighted by molar-refractivity contribution is 5.87. The molecule has 3 aliphatic carbocycles. The van der Waals surface area contributed by atoms with Crippen LogP contribution >= 0.6 is 0 Å². The van der Waals surface area contributed by atoms with Crippen LogP contribution < -0.4 is 4.90 Å². The summed E-state index contributed by atoms with van der Waals surface area (Å²) in [5.41, 5.74) is 19.9. The van der Waals surface area contributed by atoms with Crippen LogP contribution in [0.2, 0.25) is 0 Å². The van der Waals surface area contributed by atoms with Crippen LogP contribution in [0.15, 0.2) is 164 Å². The molecule has 0 heterocycles. The Balaban J connectivity index is 1.03. The molecular formula is C61H63N. The lowest BCUT2D eigenvalue weighted by molar-refractivity contribution is 0.436. The fourth-order valence-electron chi connectivity index (χ4n) is 11.8. The van der Waals surface area contributed by atoms with Gasteiger partial charge in [0.2, 0.25) is 0 Å². The minimum atomic E-state index is 0.0155. The van der Waals surface area contributed by atoms with E-state index in [0.29, 0.717) is 0 Å². The Bertz CT molecular complexity index is 2590. The normalized spacial score (nSPS) is 16.2. The predicted molar refractivity (Wildman–Crippen MR) is 265 cm³/mol. The topological polar surface area (TPSA) is 3.24 Å². The minimum Gasteiger partial charge on any atom is -0.310 e. The molecule has 1 heteroatoms. The lowest BCUT2D eigenvalue weighted by Crippen LogP contribution is -2.25. The molecule has 0 saturated heterocycles. The Labute approximate surface area is 371 Å². The molecule has 0 atom stereocenters. The van der Waals surface area contributed by atoms with Crippen LogP contribution in [-0.4, -0.2) is 0 Å². The Morgan fingerprint density at radius 1 is 0.387 bits per heavy atom. The highest BCUT2D eigenvalue weighted by atomic mass is 15.1. The van der Waals surface area contributed by atoms with E-state index in [0.717, 1.165) is 37.5 Å². The molecule has 10 rings (SSSR count). The zero-order valence-electron chi connectivity index (χ0n) is 37.1. The first-order chi connectivity index (χ1) is 30.6. The van der Waals surface area contributed by atoms with E-state index in [9.17, 15) is 0 Å². The SMILES string of the molecule is CCCC1(CCC)c2ccccc2-c2ccc(N(c3ccc(-c4ccc(C5CCCCC5)cc4)cc3)c3cccc(-c4cccc(-c5ccc(C6CCCCC6)cc5)c4)c3)cc21. The van der Waals surface area contributed by atoms with Gasteiger partial charge in [-0.2, -0.15) is 0 Å². The number of hydrogen-bond donors (Lipinski definition) is 0. The molecule has 3 aliphatic rings. The summed E-state index contributed by atoms with van der Waals surface area (Å²) in [5.74, 6) is 1.44. The van der Waals surface area contributed by atoms with Crippen molar-refractivity contribution in [2.75, 3.05) is 4.90 Å². The van der Waals surface area contributed by atoms with Crippen LogP contribution in [0, 0.1) is 0 Å². The molecule has 0 aliphatic heterocycles. The van der Waals surface area contributed by atoms with Gasteiger partial charge >= 0.3 is 0 Å². The molecule has 2 saturated carbocycles. The summed E-state index contributed by atoms with van der Waals surface area (Å²) >= 11 is 0. The number of hydrogen-bond acceptors (Lipinski definition) is 1. The summed E-state index contributed by atoms with van der Waals surface area (Å²) in [4.78, 5) is 2.50. The largest absolute Gasteiger partial charge is 0.310 e. The number of nitrogens with zero attached hydrogens (tertiary/aromatic N) is 1. The molecular weight excluding hydrogens is 747 g/mol. The predicted octanol–water partition coefficient (Wildman–Crippen LogP) is 18.1. The van der Waals surface area contributed by atoms with E-state index in [1.807, 2.05) is 0 Å². The molecule has 0 spiro atoms. The highest BCUT2D eigenvalue weighted by Crippen LogP contribution is 2.55. The highest BCUT2D eigenvalue weighted by Gasteiger charge is 2.42. The van der Waals surface area contributed by atoms with Crippen molar-refractivity contribution in [1.29, 1.82) is 0 Å². The molecule has 312 valence electrons. The minimum absolute atomic E-state index is 0.0155. The summed E-state index contributed by atoms with van der Waals surface area (Å²) < 4.78 is 0. The van der Waals surface area contributed by atoms with Gasteiger partial charge in [0, 0.05) is 22.5 Å². The average Bonchev–Trinajstić information content (AvgIpc) is 3.61. The van der Waals surface area contributed by atoms with Crippen molar-refractivity contribution in [2.45, 2.75) is 121 Å². The zero-order valence-corrected chi connectivity index (χ0v) is 37.1. The van der Waals surface area contributed by atoms with Gasteiger partial charge in [0.25, 0.3) is 0 Å². The van der Waals surface area contributed by atoms with Gasteiger partial charge in [0.05, 0.1) is 0 Å². The van der Waals surface area contributed by atoms with Gasteiger partial charge in [-0.05, 0) is 160 Å². The Morgan fingerprint density at radius 2 is 0.855 bits per heavy atom. The van der Waals surface area contributed by atoms with Gasteiger partial charge in [-0.15, -0.1) is 0 Å². The van der Waals surface area contributed by atoms with Gasteiger partial charge in [-0.1, -0.05) is 187 Å². The summed E-state index contributed by atoms with van der Waals surface area (Å²) in [7, 11) is 0. The van der Waals surface area contributed by atoms with Crippen LogP contribution in [0.1, 0.15) is 138 Å². The van der Waals surface area contributed by atoms with Crippen LogP contribution in [0.4, 0.5) is 17.1 Å². The van der Waals surface area contributed by atoms with Crippen molar-refractivity contribution in [3.63, 3.8) is 0 Å². The standard InChI is InChI=1S/C61H63N/c1-3-39-61(40-4-2)59-24-12-11-23-57(59)58-38-37-56(43-60(58)61)62(54-35-33-49(34-36-54)48-27-25-46(26-28-48)44-15-7-5-8-16-44)55-22-14-21-53(42-55)52-20-13-19-51(41-52)50-31-29-47(30-32-50)45-17-9-6-10-18-45/h11-14,19-38,41-45H,3-10,15-18,39-40H2,1-2H3. The molecule has 0 bridgehead atoms. The summed E-state index contributed by atoms with van der Waals surface area (Å²) in [6.07, 6.45) is 18.2. The van der Waals surface area contributed by atoms with E-state index >= 15 is 0 Å². The monoisotopic (exact) mass is 809 g/mol.